The minimum Gasteiger partial charge on any atom is -0.394 e. The third-order valence-corrected chi connectivity index (χ3v) is 5.94. The molecule has 1 saturated carbocycles. The van der Waals surface area contributed by atoms with Crippen LogP contribution in [0.5, 0.6) is 0 Å². The van der Waals surface area contributed by atoms with Gasteiger partial charge in [-0.3, -0.25) is 9.69 Å². The summed E-state index contributed by atoms with van der Waals surface area (Å²) in [7, 11) is 1.77. The molecule has 2 aliphatic rings. The molecule has 0 saturated heterocycles. The molecule has 1 aliphatic heterocycles. The van der Waals surface area contributed by atoms with Gasteiger partial charge in [-0.25, -0.2) is 0 Å². The van der Waals surface area contributed by atoms with Crippen LogP contribution in [-0.2, 0) is 11.2 Å². The van der Waals surface area contributed by atoms with E-state index in [1.54, 1.807) is 11.9 Å². The van der Waals surface area contributed by atoms with Gasteiger partial charge < -0.3 is 10.0 Å². The highest BCUT2D eigenvalue weighted by Gasteiger charge is 2.39. The molecule has 1 fully saturated rings. The van der Waals surface area contributed by atoms with Crippen LogP contribution in [0.4, 0.5) is 0 Å². The van der Waals surface area contributed by atoms with Crippen molar-refractivity contribution in [1.29, 1.82) is 5.26 Å². The number of carbonyl (C=O) groups is 1. The number of aliphatic hydroxyl groups is 1. The summed E-state index contributed by atoms with van der Waals surface area (Å²) in [6.45, 7) is 0.998. The van der Waals surface area contributed by atoms with Gasteiger partial charge in [-0.15, -0.1) is 0 Å². The predicted molar refractivity (Wildman–Crippen MR) is 95.7 cm³/mol. The van der Waals surface area contributed by atoms with Crippen LogP contribution in [-0.4, -0.2) is 53.1 Å². The van der Waals surface area contributed by atoms with E-state index in [1.807, 2.05) is 18.2 Å². The van der Waals surface area contributed by atoms with Crippen molar-refractivity contribution in [2.75, 3.05) is 26.7 Å². The molecule has 0 aromatic heterocycles. The average molecular weight is 341 g/mol. The molecule has 1 N–H and O–H groups in total. The number of amides is 1. The zero-order valence-corrected chi connectivity index (χ0v) is 14.9. The van der Waals surface area contributed by atoms with E-state index in [4.69, 9.17) is 0 Å². The second-order valence-corrected chi connectivity index (χ2v) is 7.27. The third-order valence-electron chi connectivity index (χ3n) is 5.94. The van der Waals surface area contributed by atoms with E-state index in [9.17, 15) is 15.2 Å². The van der Waals surface area contributed by atoms with Crippen LogP contribution in [0.3, 0.4) is 0 Å². The Hall–Kier alpha value is -1.90. The lowest BCUT2D eigenvalue weighted by Gasteiger charge is -2.41. The van der Waals surface area contributed by atoms with Crippen molar-refractivity contribution in [3.63, 3.8) is 0 Å². The molecule has 1 heterocycles. The number of nitriles is 1. The molecule has 5 heteroatoms. The van der Waals surface area contributed by atoms with Crippen LogP contribution in [0, 0.1) is 11.3 Å². The fourth-order valence-electron chi connectivity index (χ4n) is 4.28. The largest absolute Gasteiger partial charge is 0.394 e. The number of benzene rings is 1. The van der Waals surface area contributed by atoms with Crippen molar-refractivity contribution < 1.29 is 9.90 Å². The number of hydrogen-bond acceptors (Lipinski definition) is 4. The standard InChI is InChI=1S/C20H27N3O2/c1-22(20(15-21)10-5-2-6-11-20)19(25)13-23-12-9-16-7-3-4-8-17(16)18(23)14-24/h3-4,7-8,18,24H,2,5-6,9-14H2,1H3. The van der Waals surface area contributed by atoms with Gasteiger partial charge in [0.15, 0.2) is 0 Å². The van der Waals surface area contributed by atoms with Crippen molar-refractivity contribution >= 4 is 5.91 Å². The number of carbonyl (C=O) groups excluding carboxylic acids is 1. The van der Waals surface area contributed by atoms with Gasteiger partial charge in [0, 0.05) is 13.6 Å². The molecule has 134 valence electrons. The lowest BCUT2D eigenvalue weighted by Crippen LogP contribution is -2.53. The van der Waals surface area contributed by atoms with E-state index in [-0.39, 0.29) is 25.1 Å². The molecule has 25 heavy (non-hydrogen) atoms. The number of aliphatic hydroxyl groups excluding tert-OH is 1. The van der Waals surface area contributed by atoms with E-state index < -0.39 is 5.54 Å². The van der Waals surface area contributed by atoms with Crippen LogP contribution in [0.2, 0.25) is 0 Å². The third kappa shape index (κ3) is 3.42. The Labute approximate surface area is 149 Å². The van der Waals surface area contributed by atoms with Gasteiger partial charge in [-0.1, -0.05) is 43.5 Å². The molecular formula is C20H27N3O2. The first-order valence-corrected chi connectivity index (χ1v) is 9.22. The molecule has 1 amide bonds. The minimum atomic E-state index is -0.655. The van der Waals surface area contributed by atoms with Crippen molar-refractivity contribution in [3.05, 3.63) is 35.4 Å². The molecule has 1 aromatic rings. The maximum Gasteiger partial charge on any atom is 0.237 e. The predicted octanol–water partition coefficient (Wildman–Crippen LogP) is 2.26. The lowest BCUT2D eigenvalue weighted by molar-refractivity contribution is -0.137. The molecule has 3 rings (SSSR count). The Morgan fingerprint density at radius 3 is 2.76 bits per heavy atom. The van der Waals surface area contributed by atoms with Gasteiger partial charge in [0.1, 0.15) is 5.54 Å². The number of likely N-dealkylation sites (N-methyl/N-ethyl adjacent to an activating group) is 1. The molecule has 5 nitrogen and oxygen atoms in total. The second-order valence-electron chi connectivity index (χ2n) is 7.27. The van der Waals surface area contributed by atoms with Crippen LogP contribution in [0.15, 0.2) is 24.3 Å². The Kier molecular flexibility index (Phi) is 5.41. The monoisotopic (exact) mass is 341 g/mol. The molecule has 1 aromatic carbocycles. The number of rotatable bonds is 4. The van der Waals surface area contributed by atoms with E-state index in [0.29, 0.717) is 0 Å². The fraction of sp³-hybridized carbons (Fsp3) is 0.600. The molecule has 1 unspecified atom stereocenters. The molecule has 0 bridgehead atoms. The van der Waals surface area contributed by atoms with Gasteiger partial charge in [0.05, 0.1) is 25.3 Å². The summed E-state index contributed by atoms with van der Waals surface area (Å²) in [6.07, 6.45) is 5.55. The summed E-state index contributed by atoms with van der Waals surface area (Å²) in [5, 5.41) is 19.6. The summed E-state index contributed by atoms with van der Waals surface area (Å²) in [6, 6.07) is 10.4. The number of fused-ring (bicyclic) bond motifs is 1. The SMILES string of the molecule is CN(C(=O)CN1CCc2ccccc2C1CO)C1(C#N)CCCCC1. The number of hydrogen-bond donors (Lipinski definition) is 1. The van der Waals surface area contributed by atoms with E-state index in [2.05, 4.69) is 17.0 Å². The molecule has 0 radical (unpaired) electrons. The summed E-state index contributed by atoms with van der Waals surface area (Å²) >= 11 is 0. The maximum atomic E-state index is 12.9. The number of nitrogens with zero attached hydrogens (tertiary/aromatic N) is 3. The summed E-state index contributed by atoms with van der Waals surface area (Å²) in [5.41, 5.74) is 1.70. The van der Waals surface area contributed by atoms with Crippen LogP contribution >= 0.6 is 0 Å². The average Bonchev–Trinajstić information content (AvgIpc) is 2.67. The molecule has 1 atom stereocenters. The lowest BCUT2D eigenvalue weighted by atomic mass is 9.81. The highest BCUT2D eigenvalue weighted by Crippen LogP contribution is 2.33. The second kappa shape index (κ2) is 7.55. The molecule has 1 aliphatic carbocycles. The first-order valence-electron chi connectivity index (χ1n) is 9.22. The summed E-state index contributed by atoms with van der Waals surface area (Å²) < 4.78 is 0. The van der Waals surface area contributed by atoms with Crippen LogP contribution in [0.25, 0.3) is 0 Å². The topological polar surface area (TPSA) is 67.6 Å². The van der Waals surface area contributed by atoms with Gasteiger partial charge >= 0.3 is 0 Å². The quantitative estimate of drug-likeness (QED) is 0.912. The van der Waals surface area contributed by atoms with Gasteiger partial charge in [-0.2, -0.15) is 5.26 Å². The highest BCUT2D eigenvalue weighted by molar-refractivity contribution is 5.79. The fourth-order valence-corrected chi connectivity index (χ4v) is 4.28. The van der Waals surface area contributed by atoms with Gasteiger partial charge in [0.2, 0.25) is 5.91 Å². The van der Waals surface area contributed by atoms with Crippen molar-refractivity contribution in [2.45, 2.75) is 50.1 Å². The molecular weight excluding hydrogens is 314 g/mol. The Balaban J connectivity index is 1.73. The highest BCUT2D eigenvalue weighted by atomic mass is 16.3. The maximum absolute atomic E-state index is 12.9. The van der Waals surface area contributed by atoms with Crippen molar-refractivity contribution in [3.8, 4) is 6.07 Å². The summed E-state index contributed by atoms with van der Waals surface area (Å²) in [5.74, 6) is -0.0266. The Morgan fingerprint density at radius 2 is 2.08 bits per heavy atom. The van der Waals surface area contributed by atoms with E-state index in [0.717, 1.165) is 50.6 Å². The van der Waals surface area contributed by atoms with E-state index in [1.165, 1.54) is 5.56 Å². The summed E-state index contributed by atoms with van der Waals surface area (Å²) in [4.78, 5) is 16.6. The van der Waals surface area contributed by atoms with Crippen LogP contribution < -0.4 is 0 Å². The van der Waals surface area contributed by atoms with Gasteiger partial charge in [-0.05, 0) is 30.4 Å². The first kappa shape index (κ1) is 17.9. The van der Waals surface area contributed by atoms with Gasteiger partial charge in [0.25, 0.3) is 0 Å². The van der Waals surface area contributed by atoms with Crippen molar-refractivity contribution in [2.24, 2.45) is 0 Å². The van der Waals surface area contributed by atoms with E-state index >= 15 is 0 Å². The first-order chi connectivity index (χ1) is 12.1. The zero-order valence-electron chi connectivity index (χ0n) is 14.9. The minimum absolute atomic E-state index is 0.00258. The zero-order chi connectivity index (χ0) is 17.9. The smallest absolute Gasteiger partial charge is 0.237 e. The Bertz CT molecular complexity index is 661. The van der Waals surface area contributed by atoms with Crippen LogP contribution in [0.1, 0.15) is 49.3 Å². The normalized spacial score (nSPS) is 22.7. The Morgan fingerprint density at radius 1 is 1.36 bits per heavy atom. The van der Waals surface area contributed by atoms with Crippen molar-refractivity contribution in [1.82, 2.24) is 9.80 Å². The molecule has 0 spiro atoms.